The van der Waals surface area contributed by atoms with Crippen molar-refractivity contribution in [3.63, 3.8) is 0 Å². The van der Waals surface area contributed by atoms with Gasteiger partial charge in [0, 0.05) is 38.0 Å². The summed E-state index contributed by atoms with van der Waals surface area (Å²) in [6.45, 7) is 3.00. The summed E-state index contributed by atoms with van der Waals surface area (Å²) in [5.41, 5.74) is 0. The van der Waals surface area contributed by atoms with Crippen molar-refractivity contribution < 1.29 is 13.5 Å². The molecular weight excluding hydrogens is 322 g/mol. The minimum atomic E-state index is -2.51. The molecule has 1 aliphatic heterocycles. The average Bonchev–Trinajstić information content (AvgIpc) is 2.57. The molecule has 1 aliphatic carbocycles. The first-order valence-electron chi connectivity index (χ1n) is 7.96. The van der Waals surface area contributed by atoms with Crippen LogP contribution < -0.4 is 10.2 Å². The first kappa shape index (κ1) is 16.7. The first-order chi connectivity index (χ1) is 11.1. The van der Waals surface area contributed by atoms with Crippen LogP contribution in [0.4, 0.5) is 20.4 Å². The number of ether oxygens (including phenoxy) is 1. The highest BCUT2D eigenvalue weighted by Gasteiger charge is 2.35. The van der Waals surface area contributed by atoms with Crippen LogP contribution in [-0.4, -0.2) is 54.5 Å². The van der Waals surface area contributed by atoms with Crippen LogP contribution in [0.25, 0.3) is 0 Å². The van der Waals surface area contributed by atoms with Gasteiger partial charge >= 0.3 is 0 Å². The van der Waals surface area contributed by atoms with Crippen LogP contribution in [0.5, 0.6) is 0 Å². The Hall–Kier alpha value is -1.15. The van der Waals surface area contributed by atoms with Crippen molar-refractivity contribution in [2.45, 2.75) is 42.8 Å². The Morgan fingerprint density at radius 3 is 2.61 bits per heavy atom. The highest BCUT2D eigenvalue weighted by molar-refractivity contribution is 7.98. The number of nitrogens with one attached hydrogen (secondary N) is 1. The Labute approximate surface area is 139 Å². The summed E-state index contributed by atoms with van der Waals surface area (Å²) in [6, 6.07) is 1.97. The molecule has 0 bridgehead atoms. The molecule has 5 nitrogen and oxygen atoms in total. The molecule has 8 heteroatoms. The SMILES string of the molecule is CSc1nc(NC2CCC(F)(F)CC2)cc(N2CCOCC2)n1. The molecule has 0 spiro atoms. The second-order valence-electron chi connectivity index (χ2n) is 5.97. The van der Waals surface area contributed by atoms with Gasteiger partial charge in [-0.1, -0.05) is 11.8 Å². The Morgan fingerprint density at radius 2 is 1.96 bits per heavy atom. The summed E-state index contributed by atoms with van der Waals surface area (Å²) in [7, 11) is 0. The van der Waals surface area contributed by atoms with Crippen LogP contribution in [-0.2, 0) is 4.74 Å². The van der Waals surface area contributed by atoms with Gasteiger partial charge in [0.25, 0.3) is 0 Å². The van der Waals surface area contributed by atoms with Crippen molar-refractivity contribution in [1.82, 2.24) is 9.97 Å². The van der Waals surface area contributed by atoms with Crippen molar-refractivity contribution >= 4 is 23.4 Å². The fourth-order valence-electron chi connectivity index (χ4n) is 2.93. The van der Waals surface area contributed by atoms with Gasteiger partial charge in [-0.15, -0.1) is 0 Å². The lowest BCUT2D eigenvalue weighted by molar-refractivity contribution is -0.0361. The second-order valence-corrected chi connectivity index (χ2v) is 6.75. The third-order valence-corrected chi connectivity index (χ3v) is 4.83. The number of anilines is 2. The van der Waals surface area contributed by atoms with Crippen LogP contribution in [0.3, 0.4) is 0 Å². The Kier molecular flexibility index (Phi) is 5.21. The van der Waals surface area contributed by atoms with Crippen molar-refractivity contribution in [2.24, 2.45) is 0 Å². The maximum atomic E-state index is 13.3. The third kappa shape index (κ3) is 4.44. The lowest BCUT2D eigenvalue weighted by atomic mass is 9.92. The molecule has 2 heterocycles. The summed E-state index contributed by atoms with van der Waals surface area (Å²) in [6.07, 6.45) is 2.77. The smallest absolute Gasteiger partial charge is 0.248 e. The fourth-order valence-corrected chi connectivity index (χ4v) is 3.30. The fraction of sp³-hybridized carbons (Fsp3) is 0.733. The molecule has 23 heavy (non-hydrogen) atoms. The summed E-state index contributed by atoms with van der Waals surface area (Å²) >= 11 is 1.48. The van der Waals surface area contributed by atoms with Crippen LogP contribution in [0.15, 0.2) is 11.2 Å². The molecule has 1 aromatic rings. The lowest BCUT2D eigenvalue weighted by Gasteiger charge is -2.30. The van der Waals surface area contributed by atoms with Gasteiger partial charge in [-0.25, -0.2) is 18.7 Å². The van der Waals surface area contributed by atoms with Crippen LogP contribution >= 0.6 is 11.8 Å². The molecule has 1 saturated carbocycles. The van der Waals surface area contributed by atoms with Crippen molar-refractivity contribution in [3.05, 3.63) is 6.07 Å². The van der Waals surface area contributed by atoms with E-state index >= 15 is 0 Å². The van der Waals surface area contributed by atoms with E-state index in [0.717, 1.165) is 24.7 Å². The van der Waals surface area contributed by atoms with Gasteiger partial charge in [0.15, 0.2) is 5.16 Å². The maximum Gasteiger partial charge on any atom is 0.248 e. The van der Waals surface area contributed by atoms with E-state index in [9.17, 15) is 8.78 Å². The van der Waals surface area contributed by atoms with Gasteiger partial charge in [0.2, 0.25) is 5.92 Å². The minimum Gasteiger partial charge on any atom is -0.378 e. The monoisotopic (exact) mass is 344 g/mol. The van der Waals surface area contributed by atoms with Gasteiger partial charge < -0.3 is 15.0 Å². The summed E-state index contributed by atoms with van der Waals surface area (Å²) < 4.78 is 31.9. The lowest BCUT2D eigenvalue weighted by Crippen LogP contribution is -2.37. The van der Waals surface area contributed by atoms with Crippen LogP contribution in [0, 0.1) is 0 Å². The summed E-state index contributed by atoms with van der Waals surface area (Å²) in [5, 5.41) is 4.01. The zero-order chi connectivity index (χ0) is 16.3. The normalized spacial score (nSPS) is 22.1. The topological polar surface area (TPSA) is 50.3 Å². The largest absolute Gasteiger partial charge is 0.378 e. The molecule has 0 unspecified atom stereocenters. The van der Waals surface area contributed by atoms with Crippen molar-refractivity contribution in [3.8, 4) is 0 Å². The number of morpholine rings is 1. The van der Waals surface area contributed by atoms with Gasteiger partial charge in [-0.05, 0) is 19.1 Å². The number of hydrogen-bond acceptors (Lipinski definition) is 6. The van der Waals surface area contributed by atoms with Gasteiger partial charge in [0.1, 0.15) is 11.6 Å². The van der Waals surface area contributed by atoms with E-state index < -0.39 is 5.92 Å². The third-order valence-electron chi connectivity index (χ3n) is 4.28. The number of rotatable bonds is 4. The molecule has 2 fully saturated rings. The Balaban J connectivity index is 1.71. The predicted molar refractivity (Wildman–Crippen MR) is 87.7 cm³/mol. The number of hydrogen-bond donors (Lipinski definition) is 1. The van der Waals surface area contributed by atoms with E-state index in [1.54, 1.807) is 0 Å². The zero-order valence-electron chi connectivity index (χ0n) is 13.2. The molecule has 0 atom stereocenters. The minimum absolute atomic E-state index is 0.0526. The van der Waals surface area contributed by atoms with E-state index in [-0.39, 0.29) is 18.9 Å². The average molecular weight is 344 g/mol. The van der Waals surface area contributed by atoms with E-state index in [1.165, 1.54) is 11.8 Å². The number of thioether (sulfide) groups is 1. The van der Waals surface area contributed by atoms with Gasteiger partial charge in [-0.2, -0.15) is 0 Å². The number of nitrogens with zero attached hydrogens (tertiary/aromatic N) is 3. The number of aromatic nitrogens is 2. The van der Waals surface area contributed by atoms with Crippen molar-refractivity contribution in [2.75, 3.05) is 42.8 Å². The Morgan fingerprint density at radius 1 is 1.26 bits per heavy atom. The van der Waals surface area contributed by atoms with E-state index in [0.29, 0.717) is 31.2 Å². The zero-order valence-corrected chi connectivity index (χ0v) is 14.0. The quantitative estimate of drug-likeness (QED) is 0.669. The highest BCUT2D eigenvalue weighted by atomic mass is 32.2. The van der Waals surface area contributed by atoms with Gasteiger partial charge in [0.05, 0.1) is 13.2 Å². The molecule has 1 aromatic heterocycles. The molecule has 0 amide bonds. The molecular formula is C15H22F2N4OS. The molecule has 0 radical (unpaired) electrons. The van der Waals surface area contributed by atoms with Crippen molar-refractivity contribution in [1.29, 1.82) is 0 Å². The molecule has 128 valence electrons. The molecule has 1 N–H and O–H groups in total. The second kappa shape index (κ2) is 7.17. The highest BCUT2D eigenvalue weighted by Crippen LogP contribution is 2.34. The Bertz CT molecular complexity index is 530. The number of alkyl halides is 2. The van der Waals surface area contributed by atoms with E-state index in [1.807, 2.05) is 12.3 Å². The van der Waals surface area contributed by atoms with Crippen LogP contribution in [0.2, 0.25) is 0 Å². The standard InChI is InChI=1S/C15H22F2N4OS/c1-23-14-19-12(18-11-2-4-15(16,17)5-3-11)10-13(20-14)21-6-8-22-9-7-21/h10-11H,2-9H2,1H3,(H,18,19,20). The molecule has 3 rings (SSSR count). The molecule has 0 aromatic carbocycles. The maximum absolute atomic E-state index is 13.3. The van der Waals surface area contributed by atoms with Crippen LogP contribution in [0.1, 0.15) is 25.7 Å². The van der Waals surface area contributed by atoms with E-state index in [2.05, 4.69) is 20.2 Å². The molecule has 2 aliphatic rings. The molecule has 1 saturated heterocycles. The van der Waals surface area contributed by atoms with Gasteiger partial charge in [-0.3, -0.25) is 0 Å². The first-order valence-corrected chi connectivity index (χ1v) is 9.18. The predicted octanol–water partition coefficient (Wildman–Crippen LogP) is 3.02. The van der Waals surface area contributed by atoms with E-state index in [4.69, 9.17) is 4.74 Å². The summed E-state index contributed by atoms with van der Waals surface area (Å²) in [5.74, 6) is -0.912. The summed E-state index contributed by atoms with van der Waals surface area (Å²) in [4.78, 5) is 11.2. The number of halogens is 2.